The summed E-state index contributed by atoms with van der Waals surface area (Å²) in [4.78, 5) is 0. The lowest BCUT2D eigenvalue weighted by Gasteiger charge is -2.14. The first-order valence-corrected chi connectivity index (χ1v) is 8.15. The van der Waals surface area contributed by atoms with Gasteiger partial charge in [0.2, 0.25) is 5.75 Å². The molecule has 0 saturated carbocycles. The molecule has 3 aromatic rings. The summed E-state index contributed by atoms with van der Waals surface area (Å²) < 4.78 is 23.8. The van der Waals surface area contributed by atoms with Crippen LogP contribution in [0.4, 0.5) is 0 Å². The minimum atomic E-state index is 0.604. The van der Waals surface area contributed by atoms with E-state index in [1.165, 1.54) is 11.1 Å². The first kappa shape index (κ1) is 15.6. The Balaban J connectivity index is 1.68. The monoisotopic (exact) mass is 340 g/mol. The molecule has 0 atom stereocenters. The van der Waals surface area contributed by atoms with E-state index in [1.807, 2.05) is 18.3 Å². The molecule has 4 rings (SSSR count). The van der Waals surface area contributed by atoms with Crippen molar-refractivity contribution in [3.8, 4) is 28.6 Å². The molecule has 0 bridgehead atoms. The third kappa shape index (κ3) is 2.63. The number of methoxy groups -OCH3 is 3. The second-order valence-corrected chi connectivity index (χ2v) is 6.08. The number of fused-ring (bicyclic) bond motifs is 3. The summed E-state index contributed by atoms with van der Waals surface area (Å²) in [5.41, 5.74) is 4.67. The van der Waals surface area contributed by atoms with Crippen molar-refractivity contribution in [3.05, 3.63) is 47.4 Å². The normalized spacial score (nSPS) is 12.4. The Bertz CT molecular complexity index is 885. The van der Waals surface area contributed by atoms with E-state index in [2.05, 4.69) is 22.1 Å². The summed E-state index contributed by atoms with van der Waals surface area (Å²) in [6, 6.07) is 3.94. The van der Waals surface area contributed by atoms with Gasteiger partial charge in [0, 0.05) is 30.1 Å². The molecule has 0 aliphatic heterocycles. The second-order valence-electron chi connectivity index (χ2n) is 6.08. The van der Waals surface area contributed by atoms with Crippen molar-refractivity contribution in [2.45, 2.75) is 19.4 Å². The zero-order valence-electron chi connectivity index (χ0n) is 14.5. The van der Waals surface area contributed by atoms with E-state index in [0.717, 1.165) is 29.7 Å². The quantitative estimate of drug-likeness (QED) is 0.713. The number of aromatic nitrogens is 2. The van der Waals surface area contributed by atoms with E-state index < -0.39 is 0 Å². The number of ether oxygens (including phenoxy) is 3. The Hall–Kier alpha value is -2.89. The molecular formula is C19H20N2O4. The molecular weight excluding hydrogens is 320 g/mol. The molecule has 2 heterocycles. The zero-order valence-corrected chi connectivity index (χ0v) is 14.5. The van der Waals surface area contributed by atoms with Gasteiger partial charge in [0.15, 0.2) is 17.3 Å². The summed E-state index contributed by atoms with van der Waals surface area (Å²) in [6.45, 7) is 0.702. The van der Waals surface area contributed by atoms with Crippen LogP contribution in [0, 0.1) is 0 Å². The van der Waals surface area contributed by atoms with E-state index in [4.69, 9.17) is 18.7 Å². The van der Waals surface area contributed by atoms with Crippen LogP contribution in [0.5, 0.6) is 17.2 Å². The van der Waals surface area contributed by atoms with E-state index in [0.29, 0.717) is 23.8 Å². The molecule has 2 aromatic heterocycles. The van der Waals surface area contributed by atoms with Gasteiger partial charge in [0.25, 0.3) is 0 Å². The highest BCUT2D eigenvalue weighted by molar-refractivity contribution is 5.67. The molecule has 0 fully saturated rings. The minimum Gasteiger partial charge on any atom is -0.493 e. The van der Waals surface area contributed by atoms with Crippen molar-refractivity contribution in [3.63, 3.8) is 0 Å². The van der Waals surface area contributed by atoms with Gasteiger partial charge in [-0.1, -0.05) is 5.16 Å². The van der Waals surface area contributed by atoms with Crippen LogP contribution in [-0.2, 0) is 19.4 Å². The lowest BCUT2D eigenvalue weighted by molar-refractivity contribution is 0.323. The molecule has 0 N–H and O–H groups in total. The highest BCUT2D eigenvalue weighted by Gasteiger charge is 2.22. The smallest absolute Gasteiger partial charge is 0.203 e. The van der Waals surface area contributed by atoms with Gasteiger partial charge in [-0.05, 0) is 36.1 Å². The van der Waals surface area contributed by atoms with Crippen molar-refractivity contribution < 1.29 is 18.7 Å². The standard InChI is InChI=1S/C19H20N2O4/c1-22-16-6-12(7-17(23-2)19(16)24-3)9-21-10-14-5-4-13-8-20-25-18(13)15(14)11-21/h6-8,10-11H,4-5,9H2,1-3H3. The van der Waals surface area contributed by atoms with Crippen molar-refractivity contribution >= 4 is 0 Å². The van der Waals surface area contributed by atoms with E-state index in [1.54, 1.807) is 21.3 Å². The molecule has 25 heavy (non-hydrogen) atoms. The van der Waals surface area contributed by atoms with Crippen molar-refractivity contribution in [1.29, 1.82) is 0 Å². The fraction of sp³-hybridized carbons (Fsp3) is 0.316. The summed E-state index contributed by atoms with van der Waals surface area (Å²) >= 11 is 0. The van der Waals surface area contributed by atoms with Gasteiger partial charge in [-0.2, -0.15) is 0 Å². The predicted octanol–water partition coefficient (Wildman–Crippen LogP) is 3.32. The average Bonchev–Trinajstić information content (AvgIpc) is 3.26. The summed E-state index contributed by atoms with van der Waals surface area (Å²) in [6.07, 6.45) is 8.08. The first-order valence-electron chi connectivity index (χ1n) is 8.15. The number of hydrogen-bond donors (Lipinski definition) is 0. The summed E-state index contributed by atoms with van der Waals surface area (Å²) in [5.74, 6) is 2.81. The third-order valence-corrected chi connectivity index (χ3v) is 4.60. The highest BCUT2D eigenvalue weighted by atomic mass is 16.5. The third-order valence-electron chi connectivity index (χ3n) is 4.60. The van der Waals surface area contributed by atoms with Gasteiger partial charge in [-0.15, -0.1) is 0 Å². The molecule has 0 amide bonds. The SMILES string of the molecule is COc1cc(Cn2cc3c(c2)-c2oncc2CC3)cc(OC)c1OC. The van der Waals surface area contributed by atoms with Gasteiger partial charge in [-0.25, -0.2) is 0 Å². The second kappa shape index (κ2) is 6.20. The van der Waals surface area contributed by atoms with Crippen LogP contribution >= 0.6 is 0 Å². The molecule has 0 radical (unpaired) electrons. The zero-order chi connectivity index (χ0) is 17.4. The van der Waals surface area contributed by atoms with Gasteiger partial charge >= 0.3 is 0 Å². The lowest BCUT2D eigenvalue weighted by atomic mass is 9.95. The van der Waals surface area contributed by atoms with Crippen LogP contribution in [0.25, 0.3) is 11.3 Å². The topological polar surface area (TPSA) is 58.7 Å². The van der Waals surface area contributed by atoms with Crippen LogP contribution in [0.15, 0.2) is 35.2 Å². The molecule has 6 heteroatoms. The number of aryl methyl sites for hydroxylation is 2. The van der Waals surface area contributed by atoms with Gasteiger partial charge < -0.3 is 23.3 Å². The molecule has 0 spiro atoms. The molecule has 0 unspecified atom stereocenters. The Morgan fingerprint density at radius 3 is 2.40 bits per heavy atom. The minimum absolute atomic E-state index is 0.604. The van der Waals surface area contributed by atoms with Crippen LogP contribution in [-0.4, -0.2) is 31.1 Å². The Kier molecular flexibility index (Phi) is 3.87. The summed E-state index contributed by atoms with van der Waals surface area (Å²) in [7, 11) is 4.86. The molecule has 1 aliphatic rings. The molecule has 1 aromatic carbocycles. The first-order chi connectivity index (χ1) is 12.2. The van der Waals surface area contributed by atoms with E-state index in [-0.39, 0.29) is 0 Å². The lowest BCUT2D eigenvalue weighted by Crippen LogP contribution is -2.00. The van der Waals surface area contributed by atoms with Crippen LogP contribution in [0.3, 0.4) is 0 Å². The van der Waals surface area contributed by atoms with Crippen molar-refractivity contribution in [1.82, 2.24) is 9.72 Å². The maximum absolute atomic E-state index is 5.44. The predicted molar refractivity (Wildman–Crippen MR) is 92.5 cm³/mol. The Morgan fingerprint density at radius 1 is 1.00 bits per heavy atom. The maximum atomic E-state index is 5.44. The van der Waals surface area contributed by atoms with E-state index in [9.17, 15) is 0 Å². The number of rotatable bonds is 5. The number of hydrogen-bond acceptors (Lipinski definition) is 5. The fourth-order valence-electron chi connectivity index (χ4n) is 3.42. The van der Waals surface area contributed by atoms with Gasteiger partial charge in [0.1, 0.15) is 0 Å². The van der Waals surface area contributed by atoms with Gasteiger partial charge in [0.05, 0.1) is 27.5 Å². The van der Waals surface area contributed by atoms with Crippen LogP contribution < -0.4 is 14.2 Å². The largest absolute Gasteiger partial charge is 0.493 e. The van der Waals surface area contributed by atoms with Gasteiger partial charge in [-0.3, -0.25) is 0 Å². The Morgan fingerprint density at radius 2 is 1.72 bits per heavy atom. The summed E-state index contributed by atoms with van der Waals surface area (Å²) in [5, 5.41) is 3.93. The fourth-order valence-corrected chi connectivity index (χ4v) is 3.42. The molecule has 130 valence electrons. The molecule has 1 aliphatic carbocycles. The number of benzene rings is 1. The maximum Gasteiger partial charge on any atom is 0.203 e. The van der Waals surface area contributed by atoms with Crippen LogP contribution in [0.2, 0.25) is 0 Å². The average molecular weight is 340 g/mol. The van der Waals surface area contributed by atoms with Crippen molar-refractivity contribution in [2.75, 3.05) is 21.3 Å². The number of nitrogens with zero attached hydrogens (tertiary/aromatic N) is 2. The highest BCUT2D eigenvalue weighted by Crippen LogP contribution is 2.39. The Labute approximate surface area is 145 Å². The van der Waals surface area contributed by atoms with Crippen molar-refractivity contribution in [2.24, 2.45) is 0 Å². The van der Waals surface area contributed by atoms with Crippen LogP contribution in [0.1, 0.15) is 16.7 Å². The molecule has 6 nitrogen and oxygen atoms in total. The molecule has 0 saturated heterocycles. The van der Waals surface area contributed by atoms with E-state index >= 15 is 0 Å².